The highest BCUT2D eigenvalue weighted by Gasteiger charge is 2.19. The van der Waals surface area contributed by atoms with Crippen LogP contribution in [0, 0.1) is 0 Å². The van der Waals surface area contributed by atoms with Crippen LogP contribution in [-0.4, -0.2) is 22.8 Å². The molecule has 0 saturated carbocycles. The fourth-order valence-corrected chi connectivity index (χ4v) is 2.58. The predicted octanol–water partition coefficient (Wildman–Crippen LogP) is 2.63. The molecule has 1 atom stereocenters. The van der Waals surface area contributed by atoms with Crippen LogP contribution >= 0.6 is 0 Å². The van der Waals surface area contributed by atoms with Crippen molar-refractivity contribution in [3.8, 4) is 11.5 Å². The van der Waals surface area contributed by atoms with E-state index in [1.165, 1.54) is 0 Å². The Morgan fingerprint density at radius 3 is 2.65 bits per heavy atom. The molecule has 0 saturated heterocycles. The first-order valence-corrected chi connectivity index (χ1v) is 7.26. The number of fused-ring (bicyclic) bond motifs is 2. The molecule has 0 amide bonds. The number of hydrogen-bond acceptors (Lipinski definition) is 4. The Labute approximate surface area is 118 Å². The van der Waals surface area contributed by atoms with Gasteiger partial charge in [0.15, 0.2) is 11.5 Å². The number of ether oxygens (including phenoxy) is 2. The van der Waals surface area contributed by atoms with E-state index in [-0.39, 0.29) is 6.04 Å². The molecule has 0 spiro atoms. The highest BCUT2D eigenvalue weighted by Crippen LogP contribution is 2.35. The average Bonchev–Trinajstić information content (AvgIpc) is 2.80. The molecule has 108 valence electrons. The van der Waals surface area contributed by atoms with E-state index in [1.54, 1.807) is 0 Å². The summed E-state index contributed by atoms with van der Waals surface area (Å²) in [7, 11) is 0. The van der Waals surface area contributed by atoms with Gasteiger partial charge in [-0.2, -0.15) is 0 Å². The van der Waals surface area contributed by atoms with E-state index in [0.29, 0.717) is 13.2 Å². The largest absolute Gasteiger partial charge is 0.486 e. The minimum atomic E-state index is -0.0851. The minimum Gasteiger partial charge on any atom is -0.486 e. The van der Waals surface area contributed by atoms with Crippen LogP contribution in [-0.2, 0) is 6.54 Å². The summed E-state index contributed by atoms with van der Waals surface area (Å²) in [6.45, 7) is 6.28. The number of hydrogen-bond donors (Lipinski definition) is 1. The van der Waals surface area contributed by atoms with E-state index < -0.39 is 0 Å². The maximum Gasteiger partial charge on any atom is 0.163 e. The monoisotopic (exact) mass is 275 g/mol. The van der Waals surface area contributed by atoms with Crippen LogP contribution in [0.4, 0.5) is 0 Å². The van der Waals surface area contributed by atoms with Crippen molar-refractivity contribution in [1.82, 2.24) is 9.55 Å². The summed E-state index contributed by atoms with van der Waals surface area (Å²) in [4.78, 5) is 4.68. The van der Waals surface area contributed by atoms with Crippen LogP contribution < -0.4 is 15.2 Å². The van der Waals surface area contributed by atoms with Crippen molar-refractivity contribution in [3.05, 3.63) is 18.0 Å². The predicted molar refractivity (Wildman–Crippen MR) is 78.2 cm³/mol. The molecule has 2 heterocycles. The zero-order chi connectivity index (χ0) is 14.1. The van der Waals surface area contributed by atoms with Gasteiger partial charge in [-0.15, -0.1) is 0 Å². The van der Waals surface area contributed by atoms with Crippen molar-refractivity contribution < 1.29 is 9.47 Å². The van der Waals surface area contributed by atoms with Crippen molar-refractivity contribution >= 4 is 11.0 Å². The van der Waals surface area contributed by atoms with Crippen LogP contribution in [0.15, 0.2) is 12.1 Å². The molecule has 1 aliphatic rings. The Morgan fingerprint density at radius 1 is 1.30 bits per heavy atom. The molecule has 0 radical (unpaired) electrons. The summed E-state index contributed by atoms with van der Waals surface area (Å²) in [6.07, 6.45) is 2.25. The maximum atomic E-state index is 6.06. The molecular formula is C15H21N3O2. The molecule has 5 heteroatoms. The van der Waals surface area contributed by atoms with E-state index in [1.807, 2.05) is 19.1 Å². The van der Waals surface area contributed by atoms with E-state index in [0.717, 1.165) is 47.7 Å². The number of benzene rings is 1. The van der Waals surface area contributed by atoms with Gasteiger partial charge in [0.05, 0.1) is 17.1 Å². The molecule has 0 aliphatic carbocycles. The van der Waals surface area contributed by atoms with Gasteiger partial charge in [-0.3, -0.25) is 0 Å². The fourth-order valence-electron chi connectivity index (χ4n) is 2.58. The molecule has 2 aromatic rings. The number of imidazole rings is 1. The third-order valence-electron chi connectivity index (χ3n) is 3.58. The summed E-state index contributed by atoms with van der Waals surface area (Å²) in [6, 6.07) is 3.90. The lowest BCUT2D eigenvalue weighted by Crippen LogP contribution is -2.15. The van der Waals surface area contributed by atoms with Crippen LogP contribution in [0.2, 0.25) is 0 Å². The molecule has 1 unspecified atom stereocenters. The van der Waals surface area contributed by atoms with Gasteiger partial charge < -0.3 is 19.8 Å². The molecule has 2 N–H and O–H groups in total. The lowest BCUT2D eigenvalue weighted by Gasteiger charge is -2.18. The van der Waals surface area contributed by atoms with E-state index in [4.69, 9.17) is 15.2 Å². The van der Waals surface area contributed by atoms with Gasteiger partial charge in [-0.05, 0) is 13.3 Å². The number of rotatable bonds is 4. The lowest BCUT2D eigenvalue weighted by molar-refractivity contribution is 0.172. The Morgan fingerprint density at radius 2 is 2.00 bits per heavy atom. The SMILES string of the molecule is CCCCn1c(C(C)N)nc2cc3c(cc21)OCCO3. The van der Waals surface area contributed by atoms with E-state index >= 15 is 0 Å². The molecule has 5 nitrogen and oxygen atoms in total. The topological polar surface area (TPSA) is 62.3 Å². The first-order chi connectivity index (χ1) is 9.70. The molecule has 0 fully saturated rings. The Kier molecular flexibility index (Phi) is 3.53. The van der Waals surface area contributed by atoms with Gasteiger partial charge >= 0.3 is 0 Å². The Balaban J connectivity index is 2.13. The van der Waals surface area contributed by atoms with E-state index in [9.17, 15) is 0 Å². The lowest BCUT2D eigenvalue weighted by atomic mass is 10.2. The highest BCUT2D eigenvalue weighted by atomic mass is 16.6. The Bertz CT molecular complexity index is 619. The first kappa shape index (κ1) is 13.2. The zero-order valence-electron chi connectivity index (χ0n) is 12.1. The molecule has 20 heavy (non-hydrogen) atoms. The third-order valence-corrected chi connectivity index (χ3v) is 3.58. The van der Waals surface area contributed by atoms with Crippen LogP contribution in [0.25, 0.3) is 11.0 Å². The first-order valence-electron chi connectivity index (χ1n) is 7.26. The van der Waals surface area contributed by atoms with Crippen molar-refractivity contribution in [2.75, 3.05) is 13.2 Å². The number of unbranched alkanes of at least 4 members (excludes halogenated alkanes) is 1. The van der Waals surface area contributed by atoms with Crippen molar-refractivity contribution in [3.63, 3.8) is 0 Å². The second kappa shape index (κ2) is 5.32. The average molecular weight is 275 g/mol. The summed E-state index contributed by atoms with van der Waals surface area (Å²) >= 11 is 0. The van der Waals surface area contributed by atoms with Crippen molar-refractivity contribution in [2.45, 2.75) is 39.3 Å². The summed E-state index contributed by atoms with van der Waals surface area (Å²) in [5, 5.41) is 0. The second-order valence-electron chi connectivity index (χ2n) is 5.25. The van der Waals surface area contributed by atoms with Crippen molar-refractivity contribution in [1.29, 1.82) is 0 Å². The van der Waals surface area contributed by atoms with Gasteiger partial charge in [0, 0.05) is 18.7 Å². The van der Waals surface area contributed by atoms with Gasteiger partial charge in [-0.1, -0.05) is 13.3 Å². The normalized spacial score (nSPS) is 15.6. The van der Waals surface area contributed by atoms with Crippen LogP contribution in [0.3, 0.4) is 0 Å². The number of nitrogens with zero attached hydrogens (tertiary/aromatic N) is 2. The van der Waals surface area contributed by atoms with Gasteiger partial charge in [0.1, 0.15) is 19.0 Å². The molecule has 1 aromatic heterocycles. The van der Waals surface area contributed by atoms with Gasteiger partial charge in [0.2, 0.25) is 0 Å². The fraction of sp³-hybridized carbons (Fsp3) is 0.533. The summed E-state index contributed by atoms with van der Waals surface area (Å²) in [5.41, 5.74) is 8.06. The van der Waals surface area contributed by atoms with Gasteiger partial charge in [0.25, 0.3) is 0 Å². The quantitative estimate of drug-likeness (QED) is 0.931. The third kappa shape index (κ3) is 2.22. The Hall–Kier alpha value is -1.75. The standard InChI is InChI=1S/C15H21N3O2/c1-3-4-5-18-12-9-14-13(19-6-7-20-14)8-11(12)17-15(18)10(2)16/h8-10H,3-7,16H2,1-2H3. The van der Waals surface area contributed by atoms with Crippen LogP contribution in [0.1, 0.15) is 38.6 Å². The van der Waals surface area contributed by atoms with Crippen molar-refractivity contribution in [2.24, 2.45) is 5.73 Å². The molecular weight excluding hydrogens is 254 g/mol. The smallest absolute Gasteiger partial charge is 0.163 e. The molecule has 1 aromatic carbocycles. The number of nitrogens with two attached hydrogens (primary N) is 1. The summed E-state index contributed by atoms with van der Waals surface area (Å²) in [5.74, 6) is 2.51. The maximum absolute atomic E-state index is 6.06. The van der Waals surface area contributed by atoms with Gasteiger partial charge in [-0.25, -0.2) is 4.98 Å². The highest BCUT2D eigenvalue weighted by molar-refractivity contribution is 5.81. The number of aryl methyl sites for hydroxylation is 1. The summed E-state index contributed by atoms with van der Waals surface area (Å²) < 4.78 is 13.5. The second-order valence-corrected chi connectivity index (χ2v) is 5.25. The minimum absolute atomic E-state index is 0.0851. The molecule has 1 aliphatic heterocycles. The zero-order valence-corrected chi connectivity index (χ0v) is 12.1. The van der Waals surface area contributed by atoms with Crippen LogP contribution in [0.5, 0.6) is 11.5 Å². The molecule has 0 bridgehead atoms. The molecule has 3 rings (SSSR count). The number of aromatic nitrogens is 2. The van der Waals surface area contributed by atoms with E-state index in [2.05, 4.69) is 16.5 Å².